The number of nitrogens with zero attached hydrogens (tertiary/aromatic N) is 1. The maximum absolute atomic E-state index is 12.2. The van der Waals surface area contributed by atoms with E-state index >= 15 is 0 Å². The molecule has 19 heavy (non-hydrogen) atoms. The molecule has 0 aliphatic carbocycles. The number of methoxy groups -OCH3 is 1. The van der Waals surface area contributed by atoms with E-state index in [9.17, 15) is 14.7 Å². The lowest BCUT2D eigenvalue weighted by Gasteiger charge is -2.34. The molecule has 6 nitrogen and oxygen atoms in total. The third-order valence-electron chi connectivity index (χ3n) is 3.40. The Kier molecular flexibility index (Phi) is 4.45. The Morgan fingerprint density at radius 3 is 2.37 bits per heavy atom. The monoisotopic (exact) mass is 273 g/mol. The van der Waals surface area contributed by atoms with E-state index in [0.717, 1.165) is 0 Å². The van der Waals surface area contributed by atoms with Crippen LogP contribution in [0.3, 0.4) is 0 Å². The van der Waals surface area contributed by atoms with Crippen LogP contribution in [0, 0.1) is 0 Å². The smallest absolute Gasteiger partial charge is 0.411 e. The number of aliphatic carboxylic acids is 1. The molecule has 1 amide bonds. The second-order valence-corrected chi connectivity index (χ2v) is 5.84. The highest BCUT2D eigenvalue weighted by Crippen LogP contribution is 2.35. The van der Waals surface area contributed by atoms with E-state index in [2.05, 4.69) is 0 Å². The van der Waals surface area contributed by atoms with Crippen LogP contribution in [0.1, 0.15) is 40.5 Å². The average Bonchev–Trinajstić information content (AvgIpc) is 2.66. The molecule has 0 saturated carbocycles. The van der Waals surface area contributed by atoms with E-state index in [1.807, 2.05) is 0 Å². The van der Waals surface area contributed by atoms with Crippen LogP contribution < -0.4 is 0 Å². The summed E-state index contributed by atoms with van der Waals surface area (Å²) in [4.78, 5) is 25.1. The molecule has 0 aromatic rings. The lowest BCUT2D eigenvalue weighted by molar-refractivity contribution is -0.149. The fraction of sp³-hybridized carbons (Fsp3) is 0.846. The van der Waals surface area contributed by atoms with Crippen molar-refractivity contribution in [3.05, 3.63) is 0 Å². The predicted octanol–water partition coefficient (Wildman–Crippen LogP) is 1.88. The standard InChI is InChI=1S/C13H23NO5/c1-6-13(10(15)16)7-9(18-5)8-14(13)11(17)19-12(2,3)4/h9H,6-8H2,1-5H3,(H,15,16). The molecule has 1 N–H and O–H groups in total. The molecule has 110 valence electrons. The Hall–Kier alpha value is -1.30. The van der Waals surface area contributed by atoms with Gasteiger partial charge in [-0.25, -0.2) is 9.59 Å². The number of carbonyl (C=O) groups is 2. The van der Waals surface area contributed by atoms with Gasteiger partial charge >= 0.3 is 12.1 Å². The second-order valence-electron chi connectivity index (χ2n) is 5.84. The Bertz CT molecular complexity index is 363. The van der Waals surface area contributed by atoms with E-state index < -0.39 is 23.2 Å². The Balaban J connectivity index is 3.01. The van der Waals surface area contributed by atoms with Crippen LogP contribution in [-0.4, -0.2) is 53.0 Å². The topological polar surface area (TPSA) is 76.1 Å². The summed E-state index contributed by atoms with van der Waals surface area (Å²) in [6.45, 7) is 7.25. The molecule has 2 unspecified atom stereocenters. The minimum Gasteiger partial charge on any atom is -0.479 e. The number of carbonyl (C=O) groups excluding carboxylic acids is 1. The van der Waals surface area contributed by atoms with Crippen LogP contribution >= 0.6 is 0 Å². The van der Waals surface area contributed by atoms with Crippen molar-refractivity contribution >= 4 is 12.1 Å². The van der Waals surface area contributed by atoms with Gasteiger partial charge in [0.15, 0.2) is 0 Å². The summed E-state index contributed by atoms with van der Waals surface area (Å²) >= 11 is 0. The third-order valence-corrected chi connectivity index (χ3v) is 3.40. The van der Waals surface area contributed by atoms with Gasteiger partial charge in [-0.05, 0) is 27.2 Å². The maximum Gasteiger partial charge on any atom is 0.411 e. The highest BCUT2D eigenvalue weighted by Gasteiger charge is 2.53. The molecule has 1 rings (SSSR count). The third kappa shape index (κ3) is 3.18. The van der Waals surface area contributed by atoms with E-state index in [-0.39, 0.29) is 19.1 Å². The molecule has 1 fully saturated rings. The van der Waals surface area contributed by atoms with Crippen molar-refractivity contribution in [3.8, 4) is 0 Å². The molecule has 1 aliphatic heterocycles. The molecule has 2 atom stereocenters. The minimum absolute atomic E-state index is 0.242. The van der Waals surface area contributed by atoms with Crippen LogP contribution in [0.2, 0.25) is 0 Å². The SMILES string of the molecule is CCC1(C(=O)O)CC(OC)CN1C(=O)OC(C)(C)C. The number of carboxylic acids is 1. The van der Waals surface area contributed by atoms with Gasteiger partial charge in [-0.1, -0.05) is 6.92 Å². The van der Waals surface area contributed by atoms with Crippen molar-refractivity contribution < 1.29 is 24.2 Å². The summed E-state index contributed by atoms with van der Waals surface area (Å²) in [5.41, 5.74) is -1.89. The van der Waals surface area contributed by atoms with E-state index in [4.69, 9.17) is 9.47 Å². The Labute approximate surface area is 113 Å². The largest absolute Gasteiger partial charge is 0.479 e. The van der Waals surface area contributed by atoms with Gasteiger partial charge < -0.3 is 14.6 Å². The maximum atomic E-state index is 12.2. The van der Waals surface area contributed by atoms with Crippen molar-refractivity contribution in [2.75, 3.05) is 13.7 Å². The number of rotatable bonds is 3. The molecule has 1 saturated heterocycles. The van der Waals surface area contributed by atoms with Gasteiger partial charge in [0.2, 0.25) is 0 Å². The molecular weight excluding hydrogens is 250 g/mol. The van der Waals surface area contributed by atoms with Crippen molar-refractivity contribution in [2.45, 2.75) is 57.8 Å². The molecule has 1 heterocycles. The summed E-state index contributed by atoms with van der Waals surface area (Å²) in [6.07, 6.45) is -0.268. The van der Waals surface area contributed by atoms with Crippen molar-refractivity contribution in [1.82, 2.24) is 4.90 Å². The van der Waals surface area contributed by atoms with Gasteiger partial charge in [0.25, 0.3) is 0 Å². The summed E-state index contributed by atoms with van der Waals surface area (Å²) in [7, 11) is 1.52. The van der Waals surface area contributed by atoms with E-state index in [1.165, 1.54) is 12.0 Å². The first-order valence-corrected chi connectivity index (χ1v) is 6.43. The molecule has 6 heteroatoms. The minimum atomic E-state index is -1.23. The molecule has 0 spiro atoms. The molecular formula is C13H23NO5. The predicted molar refractivity (Wildman–Crippen MR) is 69.0 cm³/mol. The fourth-order valence-electron chi connectivity index (χ4n) is 2.34. The highest BCUT2D eigenvalue weighted by atomic mass is 16.6. The number of ether oxygens (including phenoxy) is 2. The second kappa shape index (κ2) is 5.36. The van der Waals surface area contributed by atoms with Gasteiger partial charge in [-0.3, -0.25) is 4.90 Å². The first kappa shape index (κ1) is 15.8. The van der Waals surface area contributed by atoms with Crippen molar-refractivity contribution in [2.24, 2.45) is 0 Å². The average molecular weight is 273 g/mol. The summed E-state index contributed by atoms with van der Waals surface area (Å²) in [5.74, 6) is -1.01. The quantitative estimate of drug-likeness (QED) is 0.849. The first-order chi connectivity index (χ1) is 8.66. The van der Waals surface area contributed by atoms with Crippen LogP contribution in [0.5, 0.6) is 0 Å². The lowest BCUT2D eigenvalue weighted by atomic mass is 9.92. The highest BCUT2D eigenvalue weighted by molar-refractivity contribution is 5.85. The molecule has 0 bridgehead atoms. The van der Waals surface area contributed by atoms with Crippen LogP contribution in [-0.2, 0) is 14.3 Å². The summed E-state index contributed by atoms with van der Waals surface area (Å²) < 4.78 is 10.5. The molecule has 0 radical (unpaired) electrons. The van der Waals surface area contributed by atoms with Crippen LogP contribution in [0.25, 0.3) is 0 Å². The van der Waals surface area contributed by atoms with E-state index in [0.29, 0.717) is 6.42 Å². The molecule has 0 aromatic carbocycles. The van der Waals surface area contributed by atoms with Crippen molar-refractivity contribution in [3.63, 3.8) is 0 Å². The number of likely N-dealkylation sites (tertiary alicyclic amines) is 1. The van der Waals surface area contributed by atoms with Gasteiger partial charge in [0, 0.05) is 13.5 Å². The number of carboxylic acid groups (broad SMARTS) is 1. The molecule has 0 aromatic heterocycles. The normalized spacial score (nSPS) is 27.4. The van der Waals surface area contributed by atoms with Gasteiger partial charge in [-0.15, -0.1) is 0 Å². The first-order valence-electron chi connectivity index (χ1n) is 6.43. The van der Waals surface area contributed by atoms with Gasteiger partial charge in [0.05, 0.1) is 12.6 Å². The molecule has 1 aliphatic rings. The van der Waals surface area contributed by atoms with E-state index in [1.54, 1.807) is 27.7 Å². The zero-order chi connectivity index (χ0) is 14.8. The summed E-state index contributed by atoms with van der Waals surface area (Å²) in [5, 5.41) is 9.49. The zero-order valence-electron chi connectivity index (χ0n) is 12.2. The zero-order valence-corrected chi connectivity index (χ0v) is 12.2. The Morgan fingerprint density at radius 2 is 2.00 bits per heavy atom. The van der Waals surface area contributed by atoms with Gasteiger partial charge in [0.1, 0.15) is 11.1 Å². The van der Waals surface area contributed by atoms with Crippen LogP contribution in [0.4, 0.5) is 4.79 Å². The fourth-order valence-corrected chi connectivity index (χ4v) is 2.34. The number of hydrogen-bond donors (Lipinski definition) is 1. The van der Waals surface area contributed by atoms with Crippen molar-refractivity contribution in [1.29, 1.82) is 0 Å². The van der Waals surface area contributed by atoms with Gasteiger partial charge in [-0.2, -0.15) is 0 Å². The number of hydrogen-bond acceptors (Lipinski definition) is 4. The number of amides is 1. The lowest BCUT2D eigenvalue weighted by Crippen LogP contribution is -2.53. The van der Waals surface area contributed by atoms with Crippen LogP contribution in [0.15, 0.2) is 0 Å². The Morgan fingerprint density at radius 1 is 1.42 bits per heavy atom. The summed E-state index contributed by atoms with van der Waals surface area (Å²) in [6, 6.07) is 0.